The molecule has 0 saturated carbocycles. The van der Waals surface area contributed by atoms with Crippen LogP contribution in [-0.2, 0) is 0 Å². The number of rotatable bonds is 1. The molecule has 0 N–H and O–H groups in total. The smallest absolute Gasteiger partial charge is 0.279 e. The lowest BCUT2D eigenvalue weighted by molar-refractivity contribution is -0.576. The summed E-state index contributed by atoms with van der Waals surface area (Å²) in [4.78, 5) is 22.4. The van der Waals surface area contributed by atoms with Gasteiger partial charge in [0, 0.05) is 18.0 Å². The van der Waals surface area contributed by atoms with E-state index in [0.29, 0.717) is 26.3 Å². The van der Waals surface area contributed by atoms with Crippen molar-refractivity contribution in [3.8, 4) is 0 Å². The minimum absolute atomic E-state index is 0.0807. The highest BCUT2D eigenvalue weighted by atomic mass is 16.6. The summed E-state index contributed by atoms with van der Waals surface area (Å²) in [5.74, 6) is 0.761. The standard InChI is InChI=1S/C11H17N7O2/c1-14-4-9-11(5-14,18(19)20)8-3-15(2)7-16(8)10-12-6-13-17(9)10/h6,8-9H,3-5,7H2,1-2H3. The average Bonchev–Trinajstić information content (AvgIpc) is 3.03. The molecule has 0 aliphatic carbocycles. The second-order valence-electron chi connectivity index (χ2n) is 6.13. The molecular weight excluding hydrogens is 262 g/mol. The fourth-order valence-corrected chi connectivity index (χ4v) is 4.08. The van der Waals surface area contributed by atoms with Gasteiger partial charge in [-0.3, -0.25) is 19.9 Å². The van der Waals surface area contributed by atoms with Gasteiger partial charge in [-0.1, -0.05) is 0 Å². The van der Waals surface area contributed by atoms with Crippen LogP contribution in [0.3, 0.4) is 0 Å². The Kier molecular flexibility index (Phi) is 2.21. The molecule has 2 saturated heterocycles. The van der Waals surface area contributed by atoms with E-state index in [2.05, 4.69) is 15.0 Å². The number of nitro groups is 1. The molecule has 1 aromatic rings. The zero-order chi connectivity index (χ0) is 14.1. The summed E-state index contributed by atoms with van der Waals surface area (Å²) in [6, 6.07) is -0.387. The fourth-order valence-electron chi connectivity index (χ4n) is 4.08. The Labute approximate surface area is 115 Å². The maximum absolute atomic E-state index is 12.0. The summed E-state index contributed by atoms with van der Waals surface area (Å²) in [6.45, 7) is 2.46. The third-order valence-corrected chi connectivity index (χ3v) is 4.86. The summed E-state index contributed by atoms with van der Waals surface area (Å²) < 4.78 is 1.75. The number of fused-ring (bicyclic) bond motifs is 6. The molecule has 0 amide bonds. The van der Waals surface area contributed by atoms with Crippen LogP contribution in [0.1, 0.15) is 6.04 Å². The predicted molar refractivity (Wildman–Crippen MR) is 70.0 cm³/mol. The molecule has 20 heavy (non-hydrogen) atoms. The number of likely N-dealkylation sites (tertiary alicyclic amines) is 1. The quantitative estimate of drug-likeness (QED) is 0.475. The largest absolute Gasteiger partial charge is 0.316 e. The lowest BCUT2D eigenvalue weighted by Crippen LogP contribution is -2.64. The van der Waals surface area contributed by atoms with Crippen molar-refractivity contribution in [2.45, 2.75) is 17.6 Å². The molecule has 0 aromatic carbocycles. The number of nitrogens with zero attached hydrogens (tertiary/aromatic N) is 7. The van der Waals surface area contributed by atoms with Gasteiger partial charge in [0.2, 0.25) is 5.95 Å². The van der Waals surface area contributed by atoms with Crippen LogP contribution in [0.2, 0.25) is 0 Å². The summed E-state index contributed by atoms with van der Waals surface area (Å²) in [7, 11) is 3.92. The Morgan fingerprint density at radius 3 is 2.85 bits per heavy atom. The molecular formula is C11H17N7O2. The summed E-state index contributed by atoms with van der Waals surface area (Å²) in [5, 5.41) is 16.2. The highest BCUT2D eigenvalue weighted by Gasteiger charge is 2.68. The molecule has 4 heterocycles. The van der Waals surface area contributed by atoms with Crippen LogP contribution in [0.5, 0.6) is 0 Å². The summed E-state index contributed by atoms with van der Waals surface area (Å²) >= 11 is 0. The van der Waals surface area contributed by atoms with Crippen LogP contribution < -0.4 is 4.90 Å². The zero-order valence-corrected chi connectivity index (χ0v) is 11.5. The van der Waals surface area contributed by atoms with Gasteiger partial charge >= 0.3 is 0 Å². The number of likely N-dealkylation sites (N-methyl/N-ethyl adjacent to an activating group) is 2. The monoisotopic (exact) mass is 279 g/mol. The van der Waals surface area contributed by atoms with E-state index in [1.165, 1.54) is 6.33 Å². The van der Waals surface area contributed by atoms with Crippen LogP contribution in [-0.4, -0.2) is 81.5 Å². The molecule has 4 rings (SSSR count). The third kappa shape index (κ3) is 1.24. The van der Waals surface area contributed by atoms with Crippen LogP contribution in [0.25, 0.3) is 0 Å². The number of hydrogen-bond acceptors (Lipinski definition) is 7. The van der Waals surface area contributed by atoms with Gasteiger partial charge in [-0.2, -0.15) is 10.1 Å². The van der Waals surface area contributed by atoms with Gasteiger partial charge in [0.15, 0.2) is 0 Å². The Morgan fingerprint density at radius 2 is 2.10 bits per heavy atom. The van der Waals surface area contributed by atoms with Crippen molar-refractivity contribution in [3.63, 3.8) is 0 Å². The second kappa shape index (κ2) is 3.67. The highest BCUT2D eigenvalue weighted by molar-refractivity contribution is 5.41. The fraction of sp³-hybridized carbons (Fsp3) is 0.818. The molecule has 3 unspecified atom stereocenters. The van der Waals surface area contributed by atoms with E-state index in [-0.39, 0.29) is 17.0 Å². The van der Waals surface area contributed by atoms with Gasteiger partial charge < -0.3 is 4.90 Å². The second-order valence-corrected chi connectivity index (χ2v) is 6.13. The Morgan fingerprint density at radius 1 is 1.35 bits per heavy atom. The molecule has 0 radical (unpaired) electrons. The Bertz CT molecular complexity index is 575. The molecule has 3 atom stereocenters. The van der Waals surface area contributed by atoms with Gasteiger partial charge in [-0.15, -0.1) is 0 Å². The molecule has 0 bridgehead atoms. The minimum Gasteiger partial charge on any atom is -0.316 e. The van der Waals surface area contributed by atoms with Gasteiger partial charge in [0.25, 0.3) is 5.54 Å². The van der Waals surface area contributed by atoms with Crippen molar-refractivity contribution in [3.05, 3.63) is 16.4 Å². The van der Waals surface area contributed by atoms with E-state index in [0.717, 1.165) is 5.95 Å². The first-order chi connectivity index (χ1) is 9.54. The number of anilines is 1. The van der Waals surface area contributed by atoms with Crippen molar-refractivity contribution in [2.75, 3.05) is 45.3 Å². The molecule has 108 valence electrons. The third-order valence-electron chi connectivity index (χ3n) is 4.86. The summed E-state index contributed by atoms with van der Waals surface area (Å²) in [6.07, 6.45) is 1.50. The van der Waals surface area contributed by atoms with Crippen LogP contribution in [0, 0.1) is 10.1 Å². The van der Waals surface area contributed by atoms with E-state index >= 15 is 0 Å². The first-order valence-electron chi connectivity index (χ1n) is 6.72. The van der Waals surface area contributed by atoms with E-state index in [9.17, 15) is 10.1 Å². The molecule has 2 fully saturated rings. The molecule has 9 heteroatoms. The molecule has 3 aliphatic heterocycles. The Hall–Kier alpha value is -1.74. The van der Waals surface area contributed by atoms with Crippen LogP contribution >= 0.6 is 0 Å². The number of hydrogen-bond donors (Lipinski definition) is 0. The van der Waals surface area contributed by atoms with Crippen molar-refractivity contribution in [2.24, 2.45) is 0 Å². The van der Waals surface area contributed by atoms with Gasteiger partial charge in [-0.05, 0) is 14.1 Å². The molecule has 9 nitrogen and oxygen atoms in total. The van der Waals surface area contributed by atoms with Crippen LogP contribution in [0.15, 0.2) is 6.33 Å². The Balaban J connectivity index is 1.93. The zero-order valence-electron chi connectivity index (χ0n) is 11.5. The summed E-state index contributed by atoms with van der Waals surface area (Å²) in [5.41, 5.74) is -1.000. The van der Waals surface area contributed by atoms with Gasteiger partial charge in [0.05, 0.1) is 13.2 Å². The molecule has 3 aliphatic rings. The lowest BCUT2D eigenvalue weighted by atomic mass is 9.83. The van der Waals surface area contributed by atoms with E-state index < -0.39 is 5.54 Å². The predicted octanol–water partition coefficient (Wildman–Crippen LogP) is -1.13. The van der Waals surface area contributed by atoms with Crippen LogP contribution in [0.4, 0.5) is 5.95 Å². The SMILES string of the molecule is CN1CC2N(C1)c1ncnn1C1CN(C)CC21[N+](=O)[O-]. The first kappa shape index (κ1) is 12.0. The minimum atomic E-state index is -1.000. The average molecular weight is 279 g/mol. The van der Waals surface area contributed by atoms with Crippen molar-refractivity contribution < 1.29 is 4.92 Å². The first-order valence-corrected chi connectivity index (χ1v) is 6.72. The van der Waals surface area contributed by atoms with Gasteiger partial charge in [0.1, 0.15) is 18.4 Å². The van der Waals surface area contributed by atoms with Crippen molar-refractivity contribution >= 4 is 5.95 Å². The highest BCUT2D eigenvalue weighted by Crippen LogP contribution is 2.46. The number of aromatic nitrogens is 3. The van der Waals surface area contributed by atoms with E-state index in [1.54, 1.807) is 4.68 Å². The molecule has 1 aromatic heterocycles. The topological polar surface area (TPSA) is 83.6 Å². The molecule has 0 spiro atoms. The maximum atomic E-state index is 12.0. The van der Waals surface area contributed by atoms with Crippen molar-refractivity contribution in [1.29, 1.82) is 0 Å². The lowest BCUT2D eigenvalue weighted by Gasteiger charge is -2.40. The van der Waals surface area contributed by atoms with Gasteiger partial charge in [-0.25, -0.2) is 4.68 Å². The normalized spacial score (nSPS) is 36.8. The maximum Gasteiger partial charge on any atom is 0.279 e. The van der Waals surface area contributed by atoms with E-state index in [1.807, 2.05) is 23.9 Å². The van der Waals surface area contributed by atoms with Crippen molar-refractivity contribution in [1.82, 2.24) is 24.6 Å². The van der Waals surface area contributed by atoms with E-state index in [4.69, 9.17) is 0 Å².